The van der Waals surface area contributed by atoms with E-state index in [2.05, 4.69) is 15.3 Å². The van der Waals surface area contributed by atoms with Gasteiger partial charge in [0, 0.05) is 23.6 Å². The van der Waals surface area contributed by atoms with Crippen molar-refractivity contribution in [1.29, 1.82) is 0 Å². The Morgan fingerprint density at radius 3 is 2.89 bits per heavy atom. The summed E-state index contributed by atoms with van der Waals surface area (Å²) in [6.07, 6.45) is 4.92. The summed E-state index contributed by atoms with van der Waals surface area (Å²) >= 11 is 5.81. The number of nitrogens with one attached hydrogen (secondary N) is 1. The van der Waals surface area contributed by atoms with Gasteiger partial charge in [0.05, 0.1) is 6.04 Å². The van der Waals surface area contributed by atoms with Crippen molar-refractivity contribution in [3.05, 3.63) is 59.1 Å². The molecule has 5 heteroatoms. The number of amides is 1. The summed E-state index contributed by atoms with van der Waals surface area (Å²) in [5.41, 5.74) is 1.24. The maximum atomic E-state index is 11.9. The summed E-state index contributed by atoms with van der Waals surface area (Å²) in [6, 6.07) is 6.77. The minimum atomic E-state index is -0.256. The van der Waals surface area contributed by atoms with Gasteiger partial charge in [0.2, 0.25) is 0 Å². The molecule has 0 aliphatic heterocycles. The largest absolute Gasteiger partial charge is 0.344 e. The van der Waals surface area contributed by atoms with Gasteiger partial charge in [-0.05, 0) is 30.7 Å². The van der Waals surface area contributed by atoms with Crippen LogP contribution < -0.4 is 5.32 Å². The summed E-state index contributed by atoms with van der Waals surface area (Å²) < 4.78 is 0. The van der Waals surface area contributed by atoms with Crippen LogP contribution in [0.15, 0.2) is 42.9 Å². The van der Waals surface area contributed by atoms with Gasteiger partial charge in [0.15, 0.2) is 0 Å². The van der Waals surface area contributed by atoms with Crippen molar-refractivity contribution in [2.24, 2.45) is 0 Å². The SMILES string of the molecule is CC(NC(=O)c1cc(Cl)ccn1)c1cccnc1. The molecule has 2 aromatic heterocycles. The first-order chi connectivity index (χ1) is 8.66. The molecule has 1 N–H and O–H groups in total. The van der Waals surface area contributed by atoms with E-state index < -0.39 is 0 Å². The van der Waals surface area contributed by atoms with Crippen LogP contribution in [-0.4, -0.2) is 15.9 Å². The van der Waals surface area contributed by atoms with E-state index in [4.69, 9.17) is 11.6 Å². The second kappa shape index (κ2) is 5.60. The molecule has 1 atom stereocenters. The Hall–Kier alpha value is -1.94. The summed E-state index contributed by atoms with van der Waals surface area (Å²) in [4.78, 5) is 19.9. The zero-order valence-corrected chi connectivity index (χ0v) is 10.6. The van der Waals surface area contributed by atoms with Crippen LogP contribution in [0.2, 0.25) is 5.02 Å². The molecule has 2 heterocycles. The van der Waals surface area contributed by atoms with Gasteiger partial charge in [-0.2, -0.15) is 0 Å². The van der Waals surface area contributed by atoms with E-state index in [0.717, 1.165) is 5.56 Å². The van der Waals surface area contributed by atoms with E-state index in [-0.39, 0.29) is 11.9 Å². The van der Waals surface area contributed by atoms with E-state index in [0.29, 0.717) is 10.7 Å². The van der Waals surface area contributed by atoms with Gasteiger partial charge < -0.3 is 5.32 Å². The molecular formula is C13H12ClN3O. The normalized spacial score (nSPS) is 11.9. The lowest BCUT2D eigenvalue weighted by Crippen LogP contribution is -2.27. The van der Waals surface area contributed by atoms with Crippen LogP contribution in [0, 0.1) is 0 Å². The van der Waals surface area contributed by atoms with Gasteiger partial charge in [-0.1, -0.05) is 17.7 Å². The molecule has 0 aromatic carbocycles. The highest BCUT2D eigenvalue weighted by molar-refractivity contribution is 6.30. The molecule has 0 saturated heterocycles. The Morgan fingerprint density at radius 1 is 1.39 bits per heavy atom. The highest BCUT2D eigenvalue weighted by atomic mass is 35.5. The molecule has 0 spiro atoms. The highest BCUT2D eigenvalue weighted by Gasteiger charge is 2.12. The number of halogens is 1. The second-order valence-corrected chi connectivity index (χ2v) is 4.28. The third kappa shape index (κ3) is 3.05. The Morgan fingerprint density at radius 2 is 2.22 bits per heavy atom. The maximum Gasteiger partial charge on any atom is 0.270 e. The quantitative estimate of drug-likeness (QED) is 0.924. The average Bonchev–Trinajstić information content (AvgIpc) is 2.39. The average molecular weight is 262 g/mol. The molecule has 0 aliphatic carbocycles. The molecule has 1 amide bonds. The number of rotatable bonds is 3. The summed E-state index contributed by atoms with van der Waals surface area (Å²) in [5, 5.41) is 3.33. The summed E-state index contributed by atoms with van der Waals surface area (Å²) in [5.74, 6) is -0.256. The molecule has 92 valence electrons. The van der Waals surface area contributed by atoms with Crippen molar-refractivity contribution in [2.75, 3.05) is 0 Å². The van der Waals surface area contributed by atoms with Crippen molar-refractivity contribution < 1.29 is 4.79 Å². The molecule has 1 unspecified atom stereocenters. The number of pyridine rings is 2. The third-order valence-electron chi connectivity index (χ3n) is 2.49. The Labute approximate surface area is 110 Å². The van der Waals surface area contributed by atoms with Gasteiger partial charge in [-0.3, -0.25) is 14.8 Å². The number of carbonyl (C=O) groups excluding carboxylic acids is 1. The monoisotopic (exact) mass is 261 g/mol. The highest BCUT2D eigenvalue weighted by Crippen LogP contribution is 2.12. The molecule has 4 nitrogen and oxygen atoms in total. The van der Waals surface area contributed by atoms with Crippen molar-refractivity contribution in [3.63, 3.8) is 0 Å². The summed E-state index contributed by atoms with van der Waals surface area (Å²) in [6.45, 7) is 1.89. The standard InChI is InChI=1S/C13H12ClN3O/c1-9(10-3-2-5-15-8-10)17-13(18)12-7-11(14)4-6-16-12/h2-9H,1H3,(H,17,18). The smallest absolute Gasteiger partial charge is 0.270 e. The second-order valence-electron chi connectivity index (χ2n) is 3.84. The fourth-order valence-corrected chi connectivity index (χ4v) is 1.67. The lowest BCUT2D eigenvalue weighted by Gasteiger charge is -2.13. The van der Waals surface area contributed by atoms with Crippen LogP contribution >= 0.6 is 11.6 Å². The van der Waals surface area contributed by atoms with E-state index in [1.807, 2.05) is 19.1 Å². The Balaban J connectivity index is 2.08. The zero-order valence-electron chi connectivity index (χ0n) is 9.80. The first-order valence-corrected chi connectivity index (χ1v) is 5.87. The minimum Gasteiger partial charge on any atom is -0.344 e. The van der Waals surface area contributed by atoms with Crippen molar-refractivity contribution >= 4 is 17.5 Å². The van der Waals surface area contributed by atoms with Crippen molar-refractivity contribution in [3.8, 4) is 0 Å². The van der Waals surface area contributed by atoms with Crippen LogP contribution in [0.1, 0.15) is 29.0 Å². The van der Waals surface area contributed by atoms with E-state index >= 15 is 0 Å². The van der Waals surface area contributed by atoms with E-state index in [1.54, 1.807) is 18.5 Å². The molecule has 0 bridgehead atoms. The Kier molecular flexibility index (Phi) is 3.89. The number of aromatic nitrogens is 2. The molecule has 2 aromatic rings. The molecule has 0 saturated carbocycles. The molecule has 0 fully saturated rings. The lowest BCUT2D eigenvalue weighted by molar-refractivity contribution is 0.0935. The summed E-state index contributed by atoms with van der Waals surface area (Å²) in [7, 11) is 0. The zero-order chi connectivity index (χ0) is 13.0. The van der Waals surface area contributed by atoms with Crippen LogP contribution in [0.3, 0.4) is 0 Å². The maximum absolute atomic E-state index is 11.9. The predicted molar refractivity (Wildman–Crippen MR) is 69.4 cm³/mol. The van der Waals surface area contributed by atoms with Crippen LogP contribution in [0.25, 0.3) is 0 Å². The van der Waals surface area contributed by atoms with Crippen LogP contribution in [0.4, 0.5) is 0 Å². The van der Waals surface area contributed by atoms with Crippen molar-refractivity contribution in [1.82, 2.24) is 15.3 Å². The number of nitrogens with zero attached hydrogens (tertiary/aromatic N) is 2. The molecule has 2 rings (SSSR count). The van der Waals surface area contributed by atoms with E-state index in [9.17, 15) is 4.79 Å². The van der Waals surface area contributed by atoms with Gasteiger partial charge in [0.1, 0.15) is 5.69 Å². The molecule has 0 aliphatic rings. The van der Waals surface area contributed by atoms with Crippen LogP contribution in [-0.2, 0) is 0 Å². The third-order valence-corrected chi connectivity index (χ3v) is 2.72. The molecule has 18 heavy (non-hydrogen) atoms. The lowest BCUT2D eigenvalue weighted by atomic mass is 10.1. The van der Waals surface area contributed by atoms with Gasteiger partial charge in [-0.25, -0.2) is 0 Å². The van der Waals surface area contributed by atoms with Gasteiger partial charge in [0.25, 0.3) is 5.91 Å². The molecular weight excluding hydrogens is 250 g/mol. The first-order valence-electron chi connectivity index (χ1n) is 5.49. The topological polar surface area (TPSA) is 54.9 Å². The van der Waals surface area contributed by atoms with Gasteiger partial charge >= 0.3 is 0 Å². The fraction of sp³-hybridized carbons (Fsp3) is 0.154. The predicted octanol–water partition coefficient (Wildman–Crippen LogP) is 2.62. The van der Waals surface area contributed by atoms with E-state index in [1.165, 1.54) is 12.3 Å². The number of hydrogen-bond donors (Lipinski definition) is 1. The first kappa shape index (κ1) is 12.5. The Bertz CT molecular complexity index is 545. The van der Waals surface area contributed by atoms with Crippen LogP contribution in [0.5, 0.6) is 0 Å². The number of hydrogen-bond acceptors (Lipinski definition) is 3. The number of carbonyl (C=O) groups is 1. The minimum absolute atomic E-state index is 0.132. The molecule has 0 radical (unpaired) electrons. The van der Waals surface area contributed by atoms with Crippen molar-refractivity contribution in [2.45, 2.75) is 13.0 Å². The van der Waals surface area contributed by atoms with Gasteiger partial charge in [-0.15, -0.1) is 0 Å². The fourth-order valence-electron chi connectivity index (χ4n) is 1.51.